The molecule has 74 valence electrons. The Bertz CT molecular complexity index is 222. The van der Waals surface area contributed by atoms with Crippen molar-refractivity contribution >= 4 is 5.78 Å². The van der Waals surface area contributed by atoms with E-state index in [1.54, 1.807) is 6.92 Å². The maximum absolute atomic E-state index is 11.7. The van der Waals surface area contributed by atoms with Crippen molar-refractivity contribution in [3.63, 3.8) is 0 Å². The average Bonchev–Trinajstić information content (AvgIpc) is 2.55. The van der Waals surface area contributed by atoms with E-state index in [-0.39, 0.29) is 5.54 Å². The van der Waals surface area contributed by atoms with Gasteiger partial charge in [-0.3, -0.25) is 9.69 Å². The van der Waals surface area contributed by atoms with Crippen molar-refractivity contribution < 1.29 is 4.79 Å². The first-order chi connectivity index (χ1) is 6.08. The molecule has 0 amide bonds. The molecule has 0 spiro atoms. The van der Waals surface area contributed by atoms with Crippen LogP contribution in [0.4, 0.5) is 0 Å². The third-order valence-electron chi connectivity index (χ3n) is 4.05. The van der Waals surface area contributed by atoms with Crippen LogP contribution >= 0.6 is 0 Å². The third kappa shape index (κ3) is 1.08. The van der Waals surface area contributed by atoms with Crippen molar-refractivity contribution in [1.82, 2.24) is 4.90 Å². The summed E-state index contributed by atoms with van der Waals surface area (Å²) < 4.78 is 0. The van der Waals surface area contributed by atoms with Gasteiger partial charge in [0.05, 0.1) is 5.54 Å². The van der Waals surface area contributed by atoms with Crippen molar-refractivity contribution in [2.45, 2.75) is 64.1 Å². The molecule has 0 bridgehead atoms. The van der Waals surface area contributed by atoms with Crippen molar-refractivity contribution in [3.05, 3.63) is 0 Å². The summed E-state index contributed by atoms with van der Waals surface area (Å²) in [5.41, 5.74) is -0.0567. The smallest absolute Gasteiger partial charge is 0.150 e. The van der Waals surface area contributed by atoms with Gasteiger partial charge in [0.15, 0.2) is 0 Å². The van der Waals surface area contributed by atoms with E-state index in [1.165, 1.54) is 12.8 Å². The van der Waals surface area contributed by atoms with Crippen LogP contribution in [0.15, 0.2) is 0 Å². The van der Waals surface area contributed by atoms with E-state index < -0.39 is 0 Å². The normalized spacial score (nSPS) is 45.2. The molecule has 2 rings (SSSR count). The van der Waals surface area contributed by atoms with Gasteiger partial charge in [-0.15, -0.1) is 0 Å². The number of fused-ring (bicyclic) bond motifs is 1. The standard InChI is InChI=1S/C11H19NO/c1-8-4-6-11(10(3)13)7-5-9(2)12(8)11/h8-9H,4-7H2,1-3H3. The molecule has 0 aromatic heterocycles. The summed E-state index contributed by atoms with van der Waals surface area (Å²) in [4.78, 5) is 14.2. The highest BCUT2D eigenvalue weighted by atomic mass is 16.1. The fourth-order valence-electron chi connectivity index (χ4n) is 3.37. The Balaban J connectivity index is 2.33. The molecular weight excluding hydrogens is 162 g/mol. The van der Waals surface area contributed by atoms with Gasteiger partial charge in [-0.2, -0.15) is 0 Å². The number of nitrogens with zero attached hydrogens (tertiary/aromatic N) is 1. The average molecular weight is 181 g/mol. The Morgan fingerprint density at radius 3 is 2.00 bits per heavy atom. The van der Waals surface area contributed by atoms with Gasteiger partial charge in [0, 0.05) is 12.1 Å². The lowest BCUT2D eigenvalue weighted by Crippen LogP contribution is -2.49. The third-order valence-corrected chi connectivity index (χ3v) is 4.05. The van der Waals surface area contributed by atoms with Gasteiger partial charge in [0.2, 0.25) is 0 Å². The highest BCUT2D eigenvalue weighted by Crippen LogP contribution is 2.45. The van der Waals surface area contributed by atoms with Crippen LogP contribution in [0.5, 0.6) is 0 Å². The van der Waals surface area contributed by atoms with Crippen LogP contribution in [-0.4, -0.2) is 28.3 Å². The van der Waals surface area contributed by atoms with Crippen molar-refractivity contribution in [1.29, 1.82) is 0 Å². The zero-order chi connectivity index (χ0) is 9.64. The Labute approximate surface area is 80.3 Å². The fourth-order valence-corrected chi connectivity index (χ4v) is 3.37. The van der Waals surface area contributed by atoms with Crippen LogP contribution in [0.1, 0.15) is 46.5 Å². The van der Waals surface area contributed by atoms with E-state index in [4.69, 9.17) is 0 Å². The SMILES string of the molecule is CC(=O)C12CCC(C)N1C(C)CC2. The van der Waals surface area contributed by atoms with E-state index >= 15 is 0 Å². The minimum atomic E-state index is -0.0567. The summed E-state index contributed by atoms with van der Waals surface area (Å²) in [6, 6.07) is 1.22. The minimum absolute atomic E-state index is 0.0567. The van der Waals surface area contributed by atoms with Crippen LogP contribution in [0.3, 0.4) is 0 Å². The van der Waals surface area contributed by atoms with Gasteiger partial charge in [-0.25, -0.2) is 0 Å². The number of hydrogen-bond acceptors (Lipinski definition) is 2. The monoisotopic (exact) mass is 181 g/mol. The molecule has 2 heteroatoms. The maximum Gasteiger partial charge on any atom is 0.150 e. The molecule has 2 aliphatic rings. The second kappa shape index (κ2) is 2.81. The van der Waals surface area contributed by atoms with Crippen molar-refractivity contribution in [3.8, 4) is 0 Å². The Morgan fingerprint density at radius 1 is 1.23 bits per heavy atom. The molecule has 2 nitrogen and oxygen atoms in total. The zero-order valence-corrected chi connectivity index (χ0v) is 8.84. The first-order valence-electron chi connectivity index (χ1n) is 5.37. The second-order valence-corrected chi connectivity index (χ2v) is 4.77. The van der Waals surface area contributed by atoms with E-state index in [0.717, 1.165) is 12.8 Å². The van der Waals surface area contributed by atoms with Gasteiger partial charge < -0.3 is 0 Å². The largest absolute Gasteiger partial charge is 0.298 e. The predicted molar refractivity (Wildman–Crippen MR) is 52.6 cm³/mol. The molecule has 2 atom stereocenters. The van der Waals surface area contributed by atoms with Gasteiger partial charge in [-0.1, -0.05) is 0 Å². The second-order valence-electron chi connectivity index (χ2n) is 4.77. The lowest BCUT2D eigenvalue weighted by molar-refractivity contribution is -0.127. The number of carbonyl (C=O) groups is 1. The molecule has 0 aromatic rings. The predicted octanol–water partition coefficient (Wildman–Crippen LogP) is 1.98. The molecular formula is C11H19NO. The number of rotatable bonds is 1. The van der Waals surface area contributed by atoms with Crippen LogP contribution in [0.2, 0.25) is 0 Å². The van der Waals surface area contributed by atoms with Crippen molar-refractivity contribution in [2.24, 2.45) is 0 Å². The zero-order valence-electron chi connectivity index (χ0n) is 8.84. The Hall–Kier alpha value is -0.370. The highest BCUT2D eigenvalue weighted by molar-refractivity contribution is 5.87. The summed E-state index contributed by atoms with van der Waals surface area (Å²) in [6.45, 7) is 6.28. The first kappa shape index (κ1) is 9.20. The molecule has 0 aliphatic carbocycles. The van der Waals surface area contributed by atoms with Crippen LogP contribution < -0.4 is 0 Å². The lowest BCUT2D eigenvalue weighted by atomic mass is 9.90. The molecule has 2 unspecified atom stereocenters. The molecule has 2 aliphatic heterocycles. The van der Waals surface area contributed by atoms with Crippen LogP contribution in [0, 0.1) is 0 Å². The summed E-state index contributed by atoms with van der Waals surface area (Å²) in [5, 5.41) is 0. The Kier molecular flexibility index (Phi) is 1.99. The van der Waals surface area contributed by atoms with Gasteiger partial charge >= 0.3 is 0 Å². The molecule has 0 saturated carbocycles. The van der Waals surface area contributed by atoms with E-state index in [1.807, 2.05) is 0 Å². The van der Waals surface area contributed by atoms with Gasteiger partial charge in [0.25, 0.3) is 0 Å². The highest BCUT2D eigenvalue weighted by Gasteiger charge is 2.53. The van der Waals surface area contributed by atoms with E-state index in [0.29, 0.717) is 17.9 Å². The fraction of sp³-hybridized carbons (Fsp3) is 0.909. The number of carbonyl (C=O) groups excluding carboxylic acids is 1. The van der Waals surface area contributed by atoms with Gasteiger partial charge in [-0.05, 0) is 46.5 Å². The van der Waals surface area contributed by atoms with Crippen LogP contribution in [0.25, 0.3) is 0 Å². The summed E-state index contributed by atoms with van der Waals surface area (Å²) in [5.74, 6) is 0.390. The molecule has 0 aromatic carbocycles. The molecule has 2 fully saturated rings. The molecule has 2 saturated heterocycles. The topological polar surface area (TPSA) is 20.3 Å². The number of ketones is 1. The molecule has 0 N–H and O–H groups in total. The summed E-state index contributed by atoms with van der Waals surface area (Å²) in [7, 11) is 0. The number of Topliss-reactive ketones (excluding diaryl/α,β-unsaturated/α-hetero) is 1. The summed E-state index contributed by atoms with van der Waals surface area (Å²) in [6.07, 6.45) is 4.58. The Morgan fingerprint density at radius 2 is 1.69 bits per heavy atom. The van der Waals surface area contributed by atoms with Crippen LogP contribution in [-0.2, 0) is 4.79 Å². The first-order valence-corrected chi connectivity index (χ1v) is 5.37. The molecule has 2 heterocycles. The maximum atomic E-state index is 11.7. The van der Waals surface area contributed by atoms with Gasteiger partial charge in [0.1, 0.15) is 5.78 Å². The van der Waals surface area contributed by atoms with E-state index in [9.17, 15) is 4.79 Å². The van der Waals surface area contributed by atoms with E-state index in [2.05, 4.69) is 18.7 Å². The summed E-state index contributed by atoms with van der Waals surface area (Å²) >= 11 is 0. The quantitative estimate of drug-likeness (QED) is 0.616. The molecule has 13 heavy (non-hydrogen) atoms. The lowest BCUT2D eigenvalue weighted by Gasteiger charge is -2.34. The number of hydrogen-bond donors (Lipinski definition) is 0. The van der Waals surface area contributed by atoms with Crippen molar-refractivity contribution in [2.75, 3.05) is 0 Å². The minimum Gasteiger partial charge on any atom is -0.298 e. The molecule has 0 radical (unpaired) electrons.